The summed E-state index contributed by atoms with van der Waals surface area (Å²) in [6, 6.07) is 10.8. The number of ether oxygens (including phenoxy) is 2. The Morgan fingerprint density at radius 1 is 0.938 bits per heavy atom. The largest absolute Gasteiger partial charge is 0.493 e. The topological polar surface area (TPSA) is 170 Å². The molecule has 0 saturated heterocycles. The third-order valence-electron chi connectivity index (χ3n) is 4.30. The second-order valence-corrected chi connectivity index (χ2v) is 6.38. The quantitative estimate of drug-likeness (QED) is 0.397. The molecule has 0 amide bonds. The maximum Gasteiger partial charge on any atom is 0.357 e. The SMILES string of the molecule is COc1cc(/C=C\c2[nH]c(=O)[nH]c(=O)c2[N+](=O)[O-])ccc1OCc1ccc([N+](=O)[O-])cc1. The second kappa shape index (κ2) is 9.38. The molecule has 0 spiro atoms. The number of aromatic nitrogens is 2. The Morgan fingerprint density at radius 2 is 1.66 bits per heavy atom. The Hall–Kier alpha value is -4.74. The maximum absolute atomic E-state index is 11.7. The van der Waals surface area contributed by atoms with Crippen molar-refractivity contribution in [2.75, 3.05) is 7.11 Å². The highest BCUT2D eigenvalue weighted by molar-refractivity contribution is 5.72. The molecule has 1 aromatic heterocycles. The number of nitrogens with one attached hydrogen (secondary N) is 2. The van der Waals surface area contributed by atoms with Gasteiger partial charge in [-0.25, -0.2) is 4.79 Å². The van der Waals surface area contributed by atoms with Gasteiger partial charge in [0, 0.05) is 12.1 Å². The number of hydrogen-bond donors (Lipinski definition) is 2. The van der Waals surface area contributed by atoms with E-state index in [1.807, 2.05) is 4.98 Å². The van der Waals surface area contributed by atoms with Crippen LogP contribution in [0, 0.1) is 20.2 Å². The van der Waals surface area contributed by atoms with Gasteiger partial charge in [0.2, 0.25) is 0 Å². The van der Waals surface area contributed by atoms with Gasteiger partial charge >= 0.3 is 16.9 Å². The summed E-state index contributed by atoms with van der Waals surface area (Å²) in [6.45, 7) is 0.143. The van der Waals surface area contributed by atoms with Crippen molar-refractivity contribution >= 4 is 23.5 Å². The van der Waals surface area contributed by atoms with E-state index in [2.05, 4.69) is 4.98 Å². The summed E-state index contributed by atoms with van der Waals surface area (Å²) in [5, 5.41) is 21.8. The molecule has 0 unspecified atom stereocenters. The van der Waals surface area contributed by atoms with Crippen LogP contribution in [0.1, 0.15) is 16.8 Å². The van der Waals surface area contributed by atoms with Gasteiger partial charge in [0.15, 0.2) is 11.5 Å². The lowest BCUT2D eigenvalue weighted by atomic mass is 10.1. The molecule has 0 aliphatic rings. The molecule has 0 fully saturated rings. The van der Waals surface area contributed by atoms with Crippen LogP contribution in [0.15, 0.2) is 52.1 Å². The fraction of sp³-hybridized carbons (Fsp3) is 0.100. The van der Waals surface area contributed by atoms with Crippen molar-refractivity contribution in [3.8, 4) is 11.5 Å². The summed E-state index contributed by atoms with van der Waals surface area (Å²) in [6.07, 6.45) is 2.70. The second-order valence-electron chi connectivity index (χ2n) is 6.38. The zero-order valence-electron chi connectivity index (χ0n) is 16.6. The number of nitrogens with zero attached hydrogens (tertiary/aromatic N) is 2. The van der Waals surface area contributed by atoms with Gasteiger partial charge in [-0.3, -0.25) is 30.0 Å². The van der Waals surface area contributed by atoms with Crippen molar-refractivity contribution in [2.45, 2.75) is 6.61 Å². The van der Waals surface area contributed by atoms with Crippen molar-refractivity contribution in [3.05, 3.63) is 100 Å². The van der Waals surface area contributed by atoms with E-state index in [0.717, 1.165) is 0 Å². The predicted molar refractivity (Wildman–Crippen MR) is 114 cm³/mol. The van der Waals surface area contributed by atoms with Crippen LogP contribution < -0.4 is 20.7 Å². The van der Waals surface area contributed by atoms with Gasteiger partial charge in [0.1, 0.15) is 12.3 Å². The number of rotatable bonds is 8. The van der Waals surface area contributed by atoms with Crippen LogP contribution in [0.3, 0.4) is 0 Å². The molecule has 12 heteroatoms. The minimum Gasteiger partial charge on any atom is -0.493 e. The maximum atomic E-state index is 11.7. The van der Waals surface area contributed by atoms with Crippen molar-refractivity contribution < 1.29 is 19.3 Å². The molecule has 0 bridgehead atoms. The first-order valence-corrected chi connectivity index (χ1v) is 9.01. The molecule has 12 nitrogen and oxygen atoms in total. The zero-order valence-corrected chi connectivity index (χ0v) is 16.6. The summed E-state index contributed by atoms with van der Waals surface area (Å²) < 4.78 is 11.0. The number of methoxy groups -OCH3 is 1. The van der Waals surface area contributed by atoms with E-state index < -0.39 is 26.8 Å². The first-order valence-electron chi connectivity index (χ1n) is 9.01. The Morgan fingerprint density at radius 3 is 2.28 bits per heavy atom. The van der Waals surface area contributed by atoms with Crippen molar-refractivity contribution in [2.24, 2.45) is 0 Å². The van der Waals surface area contributed by atoms with Gasteiger partial charge in [-0.2, -0.15) is 0 Å². The average molecular weight is 440 g/mol. The zero-order chi connectivity index (χ0) is 23.3. The van der Waals surface area contributed by atoms with Crippen LogP contribution >= 0.6 is 0 Å². The fourth-order valence-electron chi connectivity index (χ4n) is 2.76. The molecule has 0 saturated carbocycles. The van der Waals surface area contributed by atoms with Gasteiger partial charge in [-0.05, 0) is 41.5 Å². The molecule has 0 aliphatic heterocycles. The third kappa shape index (κ3) is 5.05. The van der Waals surface area contributed by atoms with Crippen LogP contribution in [0.4, 0.5) is 11.4 Å². The van der Waals surface area contributed by atoms with Crippen molar-refractivity contribution in [3.63, 3.8) is 0 Å². The third-order valence-corrected chi connectivity index (χ3v) is 4.30. The van der Waals surface area contributed by atoms with Crippen molar-refractivity contribution in [1.29, 1.82) is 0 Å². The fourth-order valence-corrected chi connectivity index (χ4v) is 2.76. The molecule has 0 aliphatic carbocycles. The molecule has 0 radical (unpaired) electrons. The van der Waals surface area contributed by atoms with E-state index in [1.165, 1.54) is 31.4 Å². The molecule has 32 heavy (non-hydrogen) atoms. The molecular formula is C20H16N4O8. The minimum atomic E-state index is -1.11. The summed E-state index contributed by atoms with van der Waals surface area (Å²) in [4.78, 5) is 47.6. The van der Waals surface area contributed by atoms with Gasteiger partial charge in [0.25, 0.3) is 5.69 Å². The Bertz CT molecular complexity index is 1310. The first-order chi connectivity index (χ1) is 15.3. The lowest BCUT2D eigenvalue weighted by Crippen LogP contribution is -2.25. The van der Waals surface area contributed by atoms with Crippen molar-refractivity contribution in [1.82, 2.24) is 9.97 Å². The van der Waals surface area contributed by atoms with E-state index in [1.54, 1.807) is 30.3 Å². The van der Waals surface area contributed by atoms with Gasteiger partial charge in [-0.1, -0.05) is 12.1 Å². The Balaban J connectivity index is 1.80. The van der Waals surface area contributed by atoms with Gasteiger partial charge in [0.05, 0.1) is 17.0 Å². The molecule has 2 aromatic carbocycles. The summed E-state index contributed by atoms with van der Waals surface area (Å²) in [7, 11) is 1.43. The summed E-state index contributed by atoms with van der Waals surface area (Å²) in [5.74, 6) is 0.765. The number of nitro groups is 2. The van der Waals surface area contributed by atoms with E-state index >= 15 is 0 Å². The normalized spacial score (nSPS) is 10.8. The molecule has 0 atom stereocenters. The highest BCUT2D eigenvalue weighted by atomic mass is 16.6. The highest BCUT2D eigenvalue weighted by Crippen LogP contribution is 2.30. The van der Waals surface area contributed by atoms with E-state index in [-0.39, 0.29) is 18.0 Å². The number of benzene rings is 2. The standard InChI is InChI=1S/C20H16N4O8/c1-31-17-10-12(4-8-15-18(24(29)30)19(25)22-20(26)21-15)5-9-16(17)32-11-13-2-6-14(7-3-13)23(27)28/h2-10H,11H2,1H3,(H2,21,22,25,26)/b8-4-. The smallest absolute Gasteiger partial charge is 0.357 e. The predicted octanol–water partition coefficient (Wildman–Crippen LogP) is 2.64. The van der Waals surface area contributed by atoms with Gasteiger partial charge < -0.3 is 14.5 Å². The van der Waals surface area contributed by atoms with Crippen LogP contribution in [0.2, 0.25) is 0 Å². The van der Waals surface area contributed by atoms with Crippen LogP contribution in [0.25, 0.3) is 12.2 Å². The number of H-pyrrole nitrogens is 2. The molecule has 3 rings (SSSR count). The van der Waals surface area contributed by atoms with E-state index in [4.69, 9.17) is 9.47 Å². The summed E-state index contributed by atoms with van der Waals surface area (Å²) >= 11 is 0. The molecule has 1 heterocycles. The first kappa shape index (κ1) is 22.0. The number of aromatic amines is 2. The van der Waals surface area contributed by atoms with Gasteiger partial charge in [-0.15, -0.1) is 0 Å². The molecule has 3 aromatic rings. The number of non-ortho nitro benzene ring substituents is 1. The van der Waals surface area contributed by atoms with Crippen LogP contribution in [0.5, 0.6) is 11.5 Å². The average Bonchev–Trinajstić information content (AvgIpc) is 2.75. The number of nitro benzene ring substituents is 1. The van der Waals surface area contributed by atoms with E-state index in [0.29, 0.717) is 22.6 Å². The summed E-state index contributed by atoms with van der Waals surface area (Å²) in [5.41, 5.74) is -1.76. The van der Waals surface area contributed by atoms with Crippen LogP contribution in [-0.2, 0) is 6.61 Å². The lowest BCUT2D eigenvalue weighted by molar-refractivity contribution is -0.386. The highest BCUT2D eigenvalue weighted by Gasteiger charge is 2.18. The lowest BCUT2D eigenvalue weighted by Gasteiger charge is -2.11. The van der Waals surface area contributed by atoms with E-state index in [9.17, 15) is 29.8 Å². The Labute approximate surface area is 179 Å². The van der Waals surface area contributed by atoms with Crippen LogP contribution in [-0.4, -0.2) is 26.9 Å². The molecule has 164 valence electrons. The number of hydrogen-bond acceptors (Lipinski definition) is 8. The minimum absolute atomic E-state index is 0.0236. The Kier molecular flexibility index (Phi) is 6.44. The molecular weight excluding hydrogens is 424 g/mol. The monoisotopic (exact) mass is 440 g/mol. The molecule has 2 N–H and O–H groups in total.